The predicted molar refractivity (Wildman–Crippen MR) is 141 cm³/mol. The molecular weight excluding hydrogens is 480 g/mol. The molecule has 3 heterocycles. The third-order valence-corrected chi connectivity index (χ3v) is 7.50. The summed E-state index contributed by atoms with van der Waals surface area (Å²) in [4.78, 5) is 32.7. The molecule has 184 valence electrons. The van der Waals surface area contributed by atoms with Crippen LogP contribution in [-0.2, 0) is 9.53 Å². The van der Waals surface area contributed by atoms with Crippen LogP contribution in [0.25, 0.3) is 6.08 Å². The van der Waals surface area contributed by atoms with E-state index in [1.54, 1.807) is 11.5 Å². The van der Waals surface area contributed by atoms with Crippen LogP contribution in [0.5, 0.6) is 5.75 Å². The van der Waals surface area contributed by atoms with Gasteiger partial charge in [-0.3, -0.25) is 9.36 Å². The molecule has 0 unspecified atom stereocenters. The Balaban J connectivity index is 1.71. The average molecular weight is 511 g/mol. The van der Waals surface area contributed by atoms with Crippen molar-refractivity contribution in [2.24, 2.45) is 4.99 Å². The minimum absolute atomic E-state index is 0.172. The van der Waals surface area contributed by atoms with Crippen molar-refractivity contribution in [3.8, 4) is 5.75 Å². The molecule has 3 aromatic rings. The second kappa shape index (κ2) is 11.2. The summed E-state index contributed by atoms with van der Waals surface area (Å²) in [5.74, 6) is 0.379. The molecular formula is C27H30N2O4S2. The standard InChI is InChI=1S/C27H30N2O4S2/c1-5-6-7-14-32-20-12-10-19(11-13-20)16-22-25(30)29-24(21-9-8-15-34-21)23(26(31)33-17(2)3)18(4)28-27(29)35-22/h8-13,15-17,24H,5-7,14H2,1-4H3/b22-16+/t24-/m0/s1. The Labute approximate surface area is 212 Å². The SMILES string of the molecule is CCCCCOc1ccc(/C=c2/sc3n(c2=O)[C@@H](c2cccs2)C(C(=O)OC(C)C)=C(C)N=3)cc1. The highest BCUT2D eigenvalue weighted by molar-refractivity contribution is 7.10. The summed E-state index contributed by atoms with van der Waals surface area (Å²) in [6.07, 6.45) is 4.95. The van der Waals surface area contributed by atoms with Gasteiger partial charge in [-0.2, -0.15) is 0 Å². The molecule has 0 saturated heterocycles. The van der Waals surface area contributed by atoms with Crippen molar-refractivity contribution in [1.82, 2.24) is 4.57 Å². The number of hydrogen-bond acceptors (Lipinski definition) is 7. The summed E-state index contributed by atoms with van der Waals surface area (Å²) in [6.45, 7) is 8.29. The topological polar surface area (TPSA) is 69.9 Å². The number of unbranched alkanes of at least 4 members (excludes halogenated alkanes) is 2. The first-order chi connectivity index (χ1) is 16.9. The maximum atomic E-state index is 13.6. The van der Waals surface area contributed by atoms with Crippen molar-refractivity contribution >= 4 is 34.7 Å². The smallest absolute Gasteiger partial charge is 0.338 e. The van der Waals surface area contributed by atoms with Gasteiger partial charge in [0.2, 0.25) is 0 Å². The Morgan fingerprint density at radius 2 is 1.97 bits per heavy atom. The van der Waals surface area contributed by atoms with Crippen LogP contribution >= 0.6 is 22.7 Å². The van der Waals surface area contributed by atoms with Crippen LogP contribution in [0.1, 0.15) is 63.4 Å². The van der Waals surface area contributed by atoms with Crippen molar-refractivity contribution in [2.45, 2.75) is 59.1 Å². The molecule has 4 rings (SSSR count). The van der Waals surface area contributed by atoms with E-state index in [1.165, 1.54) is 22.7 Å². The molecule has 1 atom stereocenters. The van der Waals surface area contributed by atoms with Crippen LogP contribution in [0.4, 0.5) is 0 Å². The van der Waals surface area contributed by atoms with Gasteiger partial charge < -0.3 is 9.47 Å². The van der Waals surface area contributed by atoms with E-state index in [9.17, 15) is 9.59 Å². The van der Waals surface area contributed by atoms with Crippen LogP contribution in [0.3, 0.4) is 0 Å². The Morgan fingerprint density at radius 3 is 2.63 bits per heavy atom. The molecule has 0 bridgehead atoms. The van der Waals surface area contributed by atoms with Crippen LogP contribution in [0.15, 0.2) is 62.8 Å². The summed E-state index contributed by atoms with van der Waals surface area (Å²) in [5.41, 5.74) is 1.71. The number of nitrogens with zero attached hydrogens (tertiary/aromatic N) is 2. The van der Waals surface area contributed by atoms with E-state index >= 15 is 0 Å². The van der Waals surface area contributed by atoms with E-state index in [4.69, 9.17) is 9.47 Å². The number of rotatable bonds is 9. The Hall–Kier alpha value is -2.97. The molecule has 0 spiro atoms. The molecule has 1 aliphatic heterocycles. The third-order valence-electron chi connectivity index (χ3n) is 5.59. The molecule has 0 saturated carbocycles. The number of aromatic nitrogens is 1. The number of hydrogen-bond donors (Lipinski definition) is 0. The molecule has 35 heavy (non-hydrogen) atoms. The molecule has 2 aromatic heterocycles. The molecule has 0 radical (unpaired) electrons. The van der Waals surface area contributed by atoms with E-state index in [0.29, 0.717) is 27.2 Å². The maximum Gasteiger partial charge on any atom is 0.338 e. The van der Waals surface area contributed by atoms with Gasteiger partial charge in [-0.05, 0) is 62.4 Å². The lowest BCUT2D eigenvalue weighted by Gasteiger charge is -2.24. The van der Waals surface area contributed by atoms with Crippen LogP contribution < -0.4 is 19.6 Å². The first kappa shape index (κ1) is 25.1. The van der Waals surface area contributed by atoms with Crippen LogP contribution in [0, 0.1) is 0 Å². The summed E-state index contributed by atoms with van der Waals surface area (Å²) >= 11 is 2.83. The van der Waals surface area contributed by atoms with Gasteiger partial charge >= 0.3 is 5.97 Å². The van der Waals surface area contributed by atoms with Crippen molar-refractivity contribution in [2.75, 3.05) is 6.61 Å². The fraction of sp³-hybridized carbons (Fsp3) is 0.370. The van der Waals surface area contributed by atoms with Crippen molar-refractivity contribution in [3.05, 3.63) is 83.2 Å². The molecule has 8 heteroatoms. The predicted octanol–water partition coefficient (Wildman–Crippen LogP) is 4.82. The average Bonchev–Trinajstić information content (AvgIpc) is 3.45. The van der Waals surface area contributed by atoms with Crippen LogP contribution in [0.2, 0.25) is 0 Å². The summed E-state index contributed by atoms with van der Waals surface area (Å²) in [5, 5.41) is 1.94. The number of allylic oxidation sites excluding steroid dienone is 1. The van der Waals surface area contributed by atoms with Gasteiger partial charge in [0.25, 0.3) is 5.56 Å². The second-order valence-electron chi connectivity index (χ2n) is 8.68. The van der Waals surface area contributed by atoms with E-state index in [1.807, 2.05) is 61.7 Å². The number of benzene rings is 1. The van der Waals surface area contributed by atoms with Gasteiger partial charge in [-0.1, -0.05) is 49.3 Å². The lowest BCUT2D eigenvalue weighted by atomic mass is 10.0. The fourth-order valence-electron chi connectivity index (χ4n) is 3.93. The summed E-state index contributed by atoms with van der Waals surface area (Å²) in [6, 6.07) is 11.0. The third kappa shape index (κ3) is 5.65. The van der Waals surface area contributed by atoms with E-state index in [2.05, 4.69) is 11.9 Å². The largest absolute Gasteiger partial charge is 0.494 e. The van der Waals surface area contributed by atoms with E-state index in [-0.39, 0.29) is 11.7 Å². The molecule has 6 nitrogen and oxygen atoms in total. The number of esters is 1. The Bertz CT molecular complexity index is 1380. The summed E-state index contributed by atoms with van der Waals surface area (Å²) < 4.78 is 13.5. The van der Waals surface area contributed by atoms with Gasteiger partial charge in [0.15, 0.2) is 4.80 Å². The van der Waals surface area contributed by atoms with Crippen molar-refractivity contribution in [1.29, 1.82) is 0 Å². The minimum Gasteiger partial charge on any atom is -0.494 e. The van der Waals surface area contributed by atoms with Crippen molar-refractivity contribution in [3.63, 3.8) is 0 Å². The molecule has 0 aliphatic carbocycles. The highest BCUT2D eigenvalue weighted by Gasteiger charge is 2.34. The van der Waals surface area contributed by atoms with Gasteiger partial charge in [0, 0.05) is 4.88 Å². The van der Waals surface area contributed by atoms with Gasteiger partial charge in [0.1, 0.15) is 11.8 Å². The molecule has 0 N–H and O–H groups in total. The first-order valence-corrected chi connectivity index (χ1v) is 13.6. The number of thiophene rings is 1. The molecule has 0 fully saturated rings. The summed E-state index contributed by atoms with van der Waals surface area (Å²) in [7, 11) is 0. The van der Waals surface area contributed by atoms with E-state index < -0.39 is 12.0 Å². The van der Waals surface area contributed by atoms with Crippen LogP contribution in [-0.4, -0.2) is 23.2 Å². The lowest BCUT2D eigenvalue weighted by molar-refractivity contribution is -0.143. The molecule has 1 aromatic carbocycles. The number of fused-ring (bicyclic) bond motifs is 1. The zero-order valence-electron chi connectivity index (χ0n) is 20.4. The Kier molecular flexibility index (Phi) is 8.03. The number of thiazole rings is 1. The van der Waals surface area contributed by atoms with E-state index in [0.717, 1.165) is 35.5 Å². The molecule has 1 aliphatic rings. The monoisotopic (exact) mass is 510 g/mol. The fourth-order valence-corrected chi connectivity index (χ4v) is 5.80. The quantitative estimate of drug-likeness (QED) is 0.306. The first-order valence-electron chi connectivity index (χ1n) is 11.9. The maximum absolute atomic E-state index is 13.6. The van der Waals surface area contributed by atoms with Gasteiger partial charge in [-0.25, -0.2) is 9.79 Å². The zero-order chi connectivity index (χ0) is 24.9. The number of ether oxygens (including phenoxy) is 2. The normalized spacial score (nSPS) is 15.8. The van der Waals surface area contributed by atoms with Gasteiger partial charge in [-0.15, -0.1) is 11.3 Å². The lowest BCUT2D eigenvalue weighted by Crippen LogP contribution is -2.39. The minimum atomic E-state index is -0.557. The van der Waals surface area contributed by atoms with Gasteiger partial charge in [0.05, 0.1) is 28.5 Å². The number of carbonyl (C=O) groups excluding carboxylic acids is 1. The Morgan fingerprint density at radius 1 is 1.20 bits per heavy atom. The zero-order valence-corrected chi connectivity index (χ0v) is 22.1. The second-order valence-corrected chi connectivity index (χ2v) is 10.7. The molecule has 0 amide bonds. The van der Waals surface area contributed by atoms with Crippen molar-refractivity contribution < 1.29 is 14.3 Å². The number of carbonyl (C=O) groups is 1. The highest BCUT2D eigenvalue weighted by atomic mass is 32.1. The highest BCUT2D eigenvalue weighted by Crippen LogP contribution is 2.33.